The molecule has 1 fully saturated rings. The number of aromatic amines is 1. The number of aliphatic carboxylic acids is 1. The molecule has 0 aliphatic heterocycles. The molecule has 10 nitrogen and oxygen atoms in total. The molecule has 1 aliphatic rings. The number of halogens is 3. The Hall–Kier alpha value is -2.99. The van der Waals surface area contributed by atoms with Crippen LogP contribution in [-0.4, -0.2) is 53.0 Å². The molecule has 1 amide bonds. The fourth-order valence-electron chi connectivity index (χ4n) is 2.17. The number of amides is 1. The van der Waals surface area contributed by atoms with E-state index in [4.69, 9.17) is 5.11 Å². The molecule has 2 heterocycles. The van der Waals surface area contributed by atoms with Gasteiger partial charge in [0.25, 0.3) is 11.9 Å². The summed E-state index contributed by atoms with van der Waals surface area (Å²) in [4.78, 5) is 30.3. The molecule has 13 heteroatoms. The number of aryl methyl sites for hydroxylation is 1. The van der Waals surface area contributed by atoms with Crippen LogP contribution in [0.25, 0.3) is 5.95 Å². The maximum absolute atomic E-state index is 12.6. The molecule has 25 heavy (non-hydrogen) atoms. The Morgan fingerprint density at radius 1 is 1.36 bits per heavy atom. The number of H-pyrrole nitrogens is 1. The minimum atomic E-state index is -4.71. The van der Waals surface area contributed by atoms with E-state index in [1.54, 1.807) is 5.10 Å². The molecule has 2 aromatic heterocycles. The fourth-order valence-corrected chi connectivity index (χ4v) is 2.17. The van der Waals surface area contributed by atoms with Gasteiger partial charge in [-0.25, -0.2) is 9.78 Å². The molecular weight excluding hydrogens is 347 g/mol. The van der Waals surface area contributed by atoms with Crippen LogP contribution in [0.1, 0.15) is 35.1 Å². The van der Waals surface area contributed by atoms with Gasteiger partial charge < -0.3 is 10.4 Å². The average Bonchev–Trinajstić information content (AvgIpc) is 3.06. The summed E-state index contributed by atoms with van der Waals surface area (Å²) in [5, 5.41) is 20.3. The smallest absolute Gasteiger partial charge is 0.451 e. The summed E-state index contributed by atoms with van der Waals surface area (Å²) in [7, 11) is 0. The Kier molecular flexibility index (Phi) is 3.93. The lowest BCUT2D eigenvalue weighted by Gasteiger charge is -2.11. The molecule has 0 spiro atoms. The number of carbonyl (C=O) groups is 2. The van der Waals surface area contributed by atoms with E-state index in [9.17, 15) is 22.8 Å². The first-order valence-electron chi connectivity index (χ1n) is 7.14. The van der Waals surface area contributed by atoms with Crippen molar-refractivity contribution in [2.24, 2.45) is 5.92 Å². The van der Waals surface area contributed by atoms with Gasteiger partial charge in [0.05, 0.1) is 0 Å². The van der Waals surface area contributed by atoms with Gasteiger partial charge in [-0.15, -0.1) is 10.2 Å². The zero-order valence-corrected chi connectivity index (χ0v) is 12.7. The third-order valence-corrected chi connectivity index (χ3v) is 3.55. The van der Waals surface area contributed by atoms with Crippen molar-refractivity contribution >= 4 is 11.9 Å². The SMILES string of the molecule is Cc1nc(C(=O)NC(C(=O)O)C2CC2)nn1-c1n[nH]c(C(F)(F)F)n1. The maximum atomic E-state index is 12.6. The van der Waals surface area contributed by atoms with Crippen LogP contribution in [0.3, 0.4) is 0 Å². The molecule has 134 valence electrons. The third kappa shape index (κ3) is 3.44. The van der Waals surface area contributed by atoms with Crippen LogP contribution < -0.4 is 5.32 Å². The summed E-state index contributed by atoms with van der Waals surface area (Å²) in [5.41, 5.74) is 0. The van der Waals surface area contributed by atoms with Crippen LogP contribution in [0.5, 0.6) is 0 Å². The molecule has 0 bridgehead atoms. The van der Waals surface area contributed by atoms with Crippen LogP contribution in [0, 0.1) is 12.8 Å². The summed E-state index contributed by atoms with van der Waals surface area (Å²) in [6.45, 7) is 1.39. The second kappa shape index (κ2) is 5.82. The van der Waals surface area contributed by atoms with Crippen molar-refractivity contribution in [2.75, 3.05) is 0 Å². The number of hydrogen-bond donors (Lipinski definition) is 3. The Bertz CT molecular complexity index is 824. The lowest BCUT2D eigenvalue weighted by atomic mass is 10.2. The molecule has 0 aromatic carbocycles. The molecule has 1 saturated carbocycles. The minimum absolute atomic E-state index is 0.0659. The molecule has 1 aliphatic carbocycles. The third-order valence-electron chi connectivity index (χ3n) is 3.55. The van der Waals surface area contributed by atoms with E-state index in [0.717, 1.165) is 4.68 Å². The number of aromatic nitrogens is 6. The Morgan fingerprint density at radius 3 is 2.56 bits per heavy atom. The number of carbonyl (C=O) groups excluding carboxylic acids is 1. The van der Waals surface area contributed by atoms with Crippen LogP contribution in [-0.2, 0) is 11.0 Å². The Balaban J connectivity index is 1.81. The number of rotatable bonds is 5. The second-order valence-electron chi connectivity index (χ2n) is 5.50. The normalized spacial score (nSPS) is 15.8. The lowest BCUT2D eigenvalue weighted by Crippen LogP contribution is -2.42. The van der Waals surface area contributed by atoms with E-state index < -0.39 is 35.9 Å². The van der Waals surface area contributed by atoms with Gasteiger partial charge in [0.15, 0.2) is 0 Å². The zero-order chi connectivity index (χ0) is 18.4. The number of carboxylic acid groups (broad SMARTS) is 1. The number of alkyl halides is 3. The zero-order valence-electron chi connectivity index (χ0n) is 12.7. The predicted molar refractivity (Wildman–Crippen MR) is 72.7 cm³/mol. The highest BCUT2D eigenvalue weighted by molar-refractivity contribution is 5.93. The monoisotopic (exact) mass is 359 g/mol. The summed E-state index contributed by atoms with van der Waals surface area (Å²) in [6, 6.07) is -1.06. The van der Waals surface area contributed by atoms with Gasteiger partial charge in [-0.2, -0.15) is 22.8 Å². The van der Waals surface area contributed by atoms with E-state index in [1.165, 1.54) is 6.92 Å². The van der Waals surface area contributed by atoms with Crippen LogP contribution in [0.4, 0.5) is 13.2 Å². The first-order valence-corrected chi connectivity index (χ1v) is 7.14. The van der Waals surface area contributed by atoms with E-state index >= 15 is 0 Å². The minimum Gasteiger partial charge on any atom is -0.480 e. The standard InChI is InChI=1S/C12H12F3N7O3/c1-4-16-7(8(23)17-6(9(24)25)5-2-3-5)21-22(4)11-18-10(19-20-11)12(13,14)15/h5-6H,2-3H2,1H3,(H,17,23)(H,24,25)(H,18,19,20). The summed E-state index contributed by atoms with van der Waals surface area (Å²) in [6.07, 6.45) is -3.33. The highest BCUT2D eigenvalue weighted by atomic mass is 19.4. The first-order chi connectivity index (χ1) is 11.7. The summed E-state index contributed by atoms with van der Waals surface area (Å²) >= 11 is 0. The van der Waals surface area contributed by atoms with Gasteiger partial charge in [0.2, 0.25) is 11.6 Å². The van der Waals surface area contributed by atoms with E-state index in [0.29, 0.717) is 12.8 Å². The van der Waals surface area contributed by atoms with E-state index in [-0.39, 0.29) is 17.6 Å². The lowest BCUT2D eigenvalue weighted by molar-refractivity contribution is -0.144. The Labute approximate surface area is 137 Å². The molecular formula is C12H12F3N7O3. The van der Waals surface area contributed by atoms with Gasteiger partial charge in [-0.05, 0) is 25.7 Å². The predicted octanol–water partition coefficient (Wildman–Crippen LogP) is 0.306. The van der Waals surface area contributed by atoms with Crippen molar-refractivity contribution in [3.8, 4) is 5.95 Å². The van der Waals surface area contributed by atoms with Crippen molar-refractivity contribution in [3.05, 3.63) is 17.5 Å². The second-order valence-corrected chi connectivity index (χ2v) is 5.50. The molecule has 1 atom stereocenters. The van der Waals surface area contributed by atoms with Crippen LogP contribution in [0.15, 0.2) is 0 Å². The molecule has 3 N–H and O–H groups in total. The number of carboxylic acids is 1. The quantitative estimate of drug-likeness (QED) is 0.698. The summed E-state index contributed by atoms with van der Waals surface area (Å²) < 4.78 is 38.5. The summed E-state index contributed by atoms with van der Waals surface area (Å²) in [5.74, 6) is -4.23. The van der Waals surface area contributed by atoms with Crippen LogP contribution >= 0.6 is 0 Å². The van der Waals surface area contributed by atoms with Gasteiger partial charge in [-0.1, -0.05) is 0 Å². The largest absolute Gasteiger partial charge is 0.480 e. The highest BCUT2D eigenvalue weighted by Gasteiger charge is 2.38. The molecule has 3 rings (SSSR count). The number of nitrogens with one attached hydrogen (secondary N) is 2. The van der Waals surface area contributed by atoms with Crippen LogP contribution in [0.2, 0.25) is 0 Å². The topological polar surface area (TPSA) is 139 Å². The fraction of sp³-hybridized carbons (Fsp3) is 0.500. The van der Waals surface area contributed by atoms with Gasteiger partial charge in [0, 0.05) is 0 Å². The van der Waals surface area contributed by atoms with Gasteiger partial charge >= 0.3 is 12.1 Å². The van der Waals surface area contributed by atoms with E-state index in [2.05, 4.69) is 25.5 Å². The van der Waals surface area contributed by atoms with Crippen molar-refractivity contribution in [2.45, 2.75) is 32.0 Å². The van der Waals surface area contributed by atoms with Crippen molar-refractivity contribution in [1.82, 2.24) is 35.3 Å². The van der Waals surface area contributed by atoms with Gasteiger partial charge in [0.1, 0.15) is 11.9 Å². The first kappa shape index (κ1) is 16.9. The van der Waals surface area contributed by atoms with E-state index in [1.807, 2.05) is 0 Å². The number of hydrogen-bond acceptors (Lipinski definition) is 6. The maximum Gasteiger partial charge on any atom is 0.451 e. The van der Waals surface area contributed by atoms with Crippen molar-refractivity contribution in [3.63, 3.8) is 0 Å². The number of nitrogens with zero attached hydrogens (tertiary/aromatic N) is 5. The molecule has 2 aromatic rings. The molecule has 1 unspecified atom stereocenters. The molecule has 0 radical (unpaired) electrons. The Morgan fingerprint density at radius 2 is 2.04 bits per heavy atom. The molecule has 0 saturated heterocycles. The van der Waals surface area contributed by atoms with Gasteiger partial charge in [-0.3, -0.25) is 9.89 Å². The van der Waals surface area contributed by atoms with Crippen molar-refractivity contribution < 1.29 is 27.9 Å². The van der Waals surface area contributed by atoms with Crippen molar-refractivity contribution in [1.29, 1.82) is 0 Å². The highest BCUT2D eigenvalue weighted by Crippen LogP contribution is 2.32. The average molecular weight is 359 g/mol.